The molecule has 1 atom stereocenters. The molecule has 1 fully saturated rings. The first-order chi connectivity index (χ1) is 9.28. The summed E-state index contributed by atoms with van der Waals surface area (Å²) in [4.78, 5) is 14.2. The number of benzene rings is 1. The van der Waals surface area contributed by atoms with E-state index in [2.05, 4.69) is 10.2 Å². The number of amides is 1. The molecule has 2 aromatic rings. The molecule has 1 aromatic carbocycles. The molecule has 20 heavy (non-hydrogen) atoms. The first kappa shape index (κ1) is 14.8. The normalized spacial score (nSPS) is 18.2. The zero-order chi connectivity index (χ0) is 13.2. The molecule has 0 aliphatic carbocycles. The Bertz CT molecular complexity index is 598. The molecule has 0 bridgehead atoms. The number of fused-ring (bicyclic) bond motifs is 1. The van der Waals surface area contributed by atoms with Crippen LogP contribution in [0.25, 0.3) is 10.9 Å². The predicted molar refractivity (Wildman–Crippen MR) is 80.8 cm³/mol. The molecular formula is C14H19ClN4O. The number of nitrogens with one attached hydrogen (secondary N) is 1. The Balaban J connectivity index is 0.00000147. The van der Waals surface area contributed by atoms with Crippen LogP contribution in [-0.2, 0) is 11.2 Å². The van der Waals surface area contributed by atoms with Crippen LogP contribution in [-0.4, -0.2) is 40.6 Å². The lowest BCUT2D eigenvalue weighted by molar-refractivity contribution is -0.129. The van der Waals surface area contributed by atoms with E-state index < -0.39 is 0 Å². The number of hydrogen-bond acceptors (Lipinski definition) is 3. The molecule has 1 aromatic heterocycles. The Morgan fingerprint density at radius 3 is 3.00 bits per heavy atom. The van der Waals surface area contributed by atoms with Crippen molar-refractivity contribution in [1.29, 1.82) is 0 Å². The fourth-order valence-corrected chi connectivity index (χ4v) is 2.66. The van der Waals surface area contributed by atoms with Gasteiger partial charge in [-0.05, 0) is 24.9 Å². The number of nitrogens with two attached hydrogens (primary N) is 1. The third-order valence-corrected chi connectivity index (χ3v) is 3.84. The fraction of sp³-hybridized carbons (Fsp3) is 0.429. The third-order valence-electron chi connectivity index (χ3n) is 3.84. The summed E-state index contributed by atoms with van der Waals surface area (Å²) in [7, 11) is 0. The SMILES string of the molecule is Cl.NCC1CCN(C(=O)Cc2[nH]nc3ccccc23)C1. The van der Waals surface area contributed by atoms with Crippen molar-refractivity contribution in [3.05, 3.63) is 30.0 Å². The maximum absolute atomic E-state index is 12.3. The summed E-state index contributed by atoms with van der Waals surface area (Å²) >= 11 is 0. The number of halogens is 1. The number of carbonyl (C=O) groups excluding carboxylic acids is 1. The highest BCUT2D eigenvalue weighted by Crippen LogP contribution is 2.19. The van der Waals surface area contributed by atoms with E-state index in [1.807, 2.05) is 29.2 Å². The van der Waals surface area contributed by atoms with Gasteiger partial charge in [0, 0.05) is 18.5 Å². The molecule has 0 saturated carbocycles. The van der Waals surface area contributed by atoms with Crippen molar-refractivity contribution in [2.75, 3.05) is 19.6 Å². The Labute approximate surface area is 123 Å². The van der Waals surface area contributed by atoms with Gasteiger partial charge in [0.1, 0.15) is 0 Å². The molecule has 1 saturated heterocycles. The van der Waals surface area contributed by atoms with Gasteiger partial charge in [0.25, 0.3) is 0 Å². The highest BCUT2D eigenvalue weighted by atomic mass is 35.5. The van der Waals surface area contributed by atoms with Gasteiger partial charge < -0.3 is 10.6 Å². The van der Waals surface area contributed by atoms with Gasteiger partial charge in [-0.2, -0.15) is 5.10 Å². The molecule has 3 N–H and O–H groups in total. The molecule has 108 valence electrons. The topological polar surface area (TPSA) is 75.0 Å². The van der Waals surface area contributed by atoms with Crippen molar-refractivity contribution in [3.8, 4) is 0 Å². The van der Waals surface area contributed by atoms with Gasteiger partial charge >= 0.3 is 0 Å². The molecule has 6 heteroatoms. The van der Waals surface area contributed by atoms with E-state index in [-0.39, 0.29) is 18.3 Å². The average Bonchev–Trinajstić information content (AvgIpc) is 3.06. The van der Waals surface area contributed by atoms with Gasteiger partial charge in [0.15, 0.2) is 0 Å². The number of aromatic nitrogens is 2. The lowest BCUT2D eigenvalue weighted by atomic mass is 10.1. The van der Waals surface area contributed by atoms with Crippen LogP contribution < -0.4 is 5.73 Å². The minimum atomic E-state index is 0. The molecular weight excluding hydrogens is 276 g/mol. The van der Waals surface area contributed by atoms with E-state index in [0.717, 1.165) is 36.1 Å². The van der Waals surface area contributed by atoms with Crippen LogP contribution in [0.2, 0.25) is 0 Å². The number of para-hydroxylation sites is 1. The van der Waals surface area contributed by atoms with Crippen LogP contribution in [0.3, 0.4) is 0 Å². The summed E-state index contributed by atoms with van der Waals surface area (Å²) in [5.74, 6) is 0.618. The van der Waals surface area contributed by atoms with Gasteiger partial charge in [-0.1, -0.05) is 18.2 Å². The lowest BCUT2D eigenvalue weighted by Crippen LogP contribution is -2.31. The summed E-state index contributed by atoms with van der Waals surface area (Å²) in [6.07, 6.45) is 1.41. The fourth-order valence-electron chi connectivity index (χ4n) is 2.66. The van der Waals surface area contributed by atoms with Crippen molar-refractivity contribution in [1.82, 2.24) is 15.1 Å². The summed E-state index contributed by atoms with van der Waals surface area (Å²) < 4.78 is 0. The van der Waals surface area contributed by atoms with Gasteiger partial charge in [0.05, 0.1) is 17.6 Å². The van der Waals surface area contributed by atoms with E-state index in [0.29, 0.717) is 18.9 Å². The second-order valence-electron chi connectivity index (χ2n) is 5.13. The number of nitrogens with zero attached hydrogens (tertiary/aromatic N) is 2. The summed E-state index contributed by atoms with van der Waals surface area (Å²) in [5.41, 5.74) is 7.46. The molecule has 1 aliphatic heterocycles. The summed E-state index contributed by atoms with van der Waals surface area (Å²) in [6.45, 7) is 2.28. The highest BCUT2D eigenvalue weighted by molar-refractivity contribution is 5.87. The Kier molecular flexibility index (Phi) is 4.62. The van der Waals surface area contributed by atoms with Crippen LogP contribution in [0.4, 0.5) is 0 Å². The maximum atomic E-state index is 12.3. The standard InChI is InChI=1S/C14H18N4O.ClH/c15-8-10-5-6-18(9-10)14(19)7-13-11-3-1-2-4-12(11)16-17-13;/h1-4,10H,5-9,15H2,(H,16,17);1H. The number of aromatic amines is 1. The van der Waals surface area contributed by atoms with Crippen LogP contribution in [0, 0.1) is 5.92 Å². The molecule has 5 nitrogen and oxygen atoms in total. The number of rotatable bonds is 3. The van der Waals surface area contributed by atoms with Crippen LogP contribution in [0.5, 0.6) is 0 Å². The molecule has 0 radical (unpaired) electrons. The molecule has 2 heterocycles. The molecule has 1 amide bonds. The molecule has 0 spiro atoms. The van der Waals surface area contributed by atoms with Gasteiger partial charge in [-0.3, -0.25) is 9.89 Å². The predicted octanol–water partition coefficient (Wildman–Crippen LogP) is 1.33. The first-order valence-corrected chi connectivity index (χ1v) is 6.67. The Hall–Kier alpha value is -1.59. The van der Waals surface area contributed by atoms with Crippen molar-refractivity contribution >= 4 is 29.2 Å². The van der Waals surface area contributed by atoms with Crippen LogP contribution >= 0.6 is 12.4 Å². The molecule has 1 unspecified atom stereocenters. The molecule has 1 aliphatic rings. The van der Waals surface area contributed by atoms with Crippen molar-refractivity contribution in [3.63, 3.8) is 0 Å². The third kappa shape index (κ3) is 2.78. The second-order valence-corrected chi connectivity index (χ2v) is 5.13. The lowest BCUT2D eigenvalue weighted by Gasteiger charge is -2.15. The van der Waals surface area contributed by atoms with Crippen molar-refractivity contribution in [2.45, 2.75) is 12.8 Å². The quantitative estimate of drug-likeness (QED) is 0.897. The Morgan fingerprint density at radius 1 is 1.45 bits per heavy atom. The van der Waals surface area contributed by atoms with E-state index in [9.17, 15) is 4.79 Å². The monoisotopic (exact) mass is 294 g/mol. The van der Waals surface area contributed by atoms with Gasteiger partial charge in [-0.25, -0.2) is 0 Å². The number of H-pyrrole nitrogens is 1. The number of likely N-dealkylation sites (tertiary alicyclic amines) is 1. The Morgan fingerprint density at radius 2 is 2.25 bits per heavy atom. The molecule has 3 rings (SSSR count). The van der Waals surface area contributed by atoms with E-state index >= 15 is 0 Å². The minimum absolute atomic E-state index is 0. The van der Waals surface area contributed by atoms with Crippen molar-refractivity contribution < 1.29 is 4.79 Å². The summed E-state index contributed by atoms with van der Waals surface area (Å²) in [5, 5.41) is 8.22. The maximum Gasteiger partial charge on any atom is 0.228 e. The number of hydrogen-bond donors (Lipinski definition) is 2. The van der Waals surface area contributed by atoms with Gasteiger partial charge in [0.2, 0.25) is 5.91 Å². The van der Waals surface area contributed by atoms with Crippen LogP contribution in [0.15, 0.2) is 24.3 Å². The van der Waals surface area contributed by atoms with E-state index in [1.54, 1.807) is 0 Å². The average molecular weight is 295 g/mol. The summed E-state index contributed by atoms with van der Waals surface area (Å²) in [6, 6.07) is 7.85. The smallest absolute Gasteiger partial charge is 0.228 e. The van der Waals surface area contributed by atoms with E-state index in [4.69, 9.17) is 5.73 Å². The highest BCUT2D eigenvalue weighted by Gasteiger charge is 2.25. The van der Waals surface area contributed by atoms with Crippen molar-refractivity contribution in [2.24, 2.45) is 11.7 Å². The minimum Gasteiger partial charge on any atom is -0.342 e. The van der Waals surface area contributed by atoms with E-state index in [1.165, 1.54) is 0 Å². The van der Waals surface area contributed by atoms with Gasteiger partial charge in [-0.15, -0.1) is 12.4 Å². The number of carbonyl (C=O) groups is 1. The first-order valence-electron chi connectivity index (χ1n) is 6.67. The van der Waals surface area contributed by atoms with Crippen LogP contribution in [0.1, 0.15) is 12.1 Å². The largest absolute Gasteiger partial charge is 0.342 e. The zero-order valence-electron chi connectivity index (χ0n) is 11.2. The second kappa shape index (κ2) is 6.24. The zero-order valence-corrected chi connectivity index (χ0v) is 12.0.